The molecule has 0 bridgehead atoms. The van der Waals surface area contributed by atoms with Crippen LogP contribution in [-0.4, -0.2) is 36.2 Å². The Morgan fingerprint density at radius 1 is 1.29 bits per heavy atom. The zero-order valence-electron chi connectivity index (χ0n) is 13.9. The highest BCUT2D eigenvalue weighted by atomic mass is 32.2. The van der Waals surface area contributed by atoms with E-state index in [1.165, 1.54) is 23.9 Å². The minimum atomic E-state index is -0.758. The van der Waals surface area contributed by atoms with Gasteiger partial charge in [-0.25, -0.2) is 4.79 Å². The van der Waals surface area contributed by atoms with Crippen molar-refractivity contribution < 1.29 is 19.2 Å². The summed E-state index contributed by atoms with van der Waals surface area (Å²) in [4.78, 5) is 34.4. The molecule has 0 unspecified atom stereocenters. The maximum Gasteiger partial charge on any atom is 0.338 e. The van der Waals surface area contributed by atoms with Crippen molar-refractivity contribution in [3.63, 3.8) is 0 Å². The fraction of sp³-hybridized carbons (Fsp3) is 0.500. The second-order valence-electron chi connectivity index (χ2n) is 5.13. The quantitative estimate of drug-likeness (QED) is 0.228. The molecule has 0 atom stereocenters. The van der Waals surface area contributed by atoms with E-state index in [0.717, 1.165) is 31.7 Å². The number of esters is 1. The van der Waals surface area contributed by atoms with E-state index in [1.54, 1.807) is 6.26 Å². The minimum Gasteiger partial charge on any atom is -0.452 e. The van der Waals surface area contributed by atoms with Crippen molar-refractivity contribution in [3.05, 3.63) is 33.9 Å². The van der Waals surface area contributed by atoms with Gasteiger partial charge in [0.25, 0.3) is 11.6 Å². The number of ether oxygens (including phenoxy) is 1. The van der Waals surface area contributed by atoms with Gasteiger partial charge in [-0.2, -0.15) is 0 Å². The maximum absolute atomic E-state index is 11.9. The van der Waals surface area contributed by atoms with E-state index in [-0.39, 0.29) is 17.2 Å². The number of nitro groups is 1. The molecule has 132 valence electrons. The molecule has 0 saturated carbocycles. The number of nitrogens with one attached hydrogen (secondary N) is 1. The third-order valence-corrected chi connectivity index (χ3v) is 4.08. The van der Waals surface area contributed by atoms with Crippen LogP contribution in [0.4, 0.5) is 5.69 Å². The smallest absolute Gasteiger partial charge is 0.338 e. The Balaban J connectivity index is 2.49. The van der Waals surface area contributed by atoms with E-state index in [4.69, 9.17) is 4.74 Å². The summed E-state index contributed by atoms with van der Waals surface area (Å²) in [5.74, 6) is -1.14. The summed E-state index contributed by atoms with van der Waals surface area (Å²) < 4.78 is 4.90. The van der Waals surface area contributed by atoms with Gasteiger partial charge in [-0.3, -0.25) is 14.9 Å². The highest BCUT2D eigenvalue weighted by Crippen LogP contribution is 2.28. The van der Waals surface area contributed by atoms with Gasteiger partial charge in [0.05, 0.1) is 15.4 Å². The van der Waals surface area contributed by atoms with Gasteiger partial charge in [0, 0.05) is 12.6 Å². The minimum absolute atomic E-state index is 0.0512. The number of nitrogens with zero attached hydrogens (tertiary/aromatic N) is 1. The number of unbranched alkanes of at least 4 members (excludes halogenated alkanes) is 3. The molecule has 0 heterocycles. The third kappa shape index (κ3) is 6.57. The van der Waals surface area contributed by atoms with Crippen molar-refractivity contribution in [2.24, 2.45) is 0 Å². The van der Waals surface area contributed by atoms with Crippen molar-refractivity contribution in [2.45, 2.75) is 37.5 Å². The highest BCUT2D eigenvalue weighted by molar-refractivity contribution is 7.98. The Bertz CT molecular complexity index is 592. The summed E-state index contributed by atoms with van der Waals surface area (Å²) >= 11 is 1.22. The van der Waals surface area contributed by atoms with E-state index in [1.807, 2.05) is 0 Å². The summed E-state index contributed by atoms with van der Waals surface area (Å²) in [5, 5.41) is 13.7. The molecule has 0 radical (unpaired) electrons. The first kappa shape index (κ1) is 20.0. The average Bonchev–Trinajstić information content (AvgIpc) is 2.58. The Kier molecular flexibility index (Phi) is 8.85. The molecule has 0 fully saturated rings. The summed E-state index contributed by atoms with van der Waals surface area (Å²) in [6, 6.07) is 4.10. The topological polar surface area (TPSA) is 98.5 Å². The molecule has 0 aliphatic rings. The second kappa shape index (κ2) is 10.6. The first-order chi connectivity index (χ1) is 11.5. The molecule has 1 aromatic carbocycles. The Hall–Kier alpha value is -2.09. The van der Waals surface area contributed by atoms with Gasteiger partial charge in [-0.15, -0.1) is 11.8 Å². The molecule has 1 rings (SSSR count). The van der Waals surface area contributed by atoms with Crippen LogP contribution in [0.15, 0.2) is 23.1 Å². The van der Waals surface area contributed by atoms with Gasteiger partial charge >= 0.3 is 5.97 Å². The molecular formula is C16H22N2O5S. The number of amides is 1. The lowest BCUT2D eigenvalue weighted by atomic mass is 10.2. The number of carbonyl (C=O) groups excluding carboxylic acids is 2. The average molecular weight is 354 g/mol. The summed E-state index contributed by atoms with van der Waals surface area (Å²) in [5.41, 5.74) is -0.104. The number of carbonyl (C=O) groups is 2. The fourth-order valence-corrected chi connectivity index (χ4v) is 2.55. The first-order valence-corrected chi connectivity index (χ1v) is 8.98. The molecule has 8 heteroatoms. The zero-order valence-corrected chi connectivity index (χ0v) is 14.7. The Morgan fingerprint density at radius 2 is 2.04 bits per heavy atom. The van der Waals surface area contributed by atoms with Crippen LogP contribution in [0.3, 0.4) is 0 Å². The molecule has 0 aromatic heterocycles. The summed E-state index contributed by atoms with van der Waals surface area (Å²) in [6.07, 6.45) is 5.88. The van der Waals surface area contributed by atoms with Gasteiger partial charge in [0.2, 0.25) is 0 Å². The Morgan fingerprint density at radius 3 is 2.67 bits per heavy atom. The van der Waals surface area contributed by atoms with Crippen LogP contribution >= 0.6 is 11.8 Å². The Labute approximate surface area is 145 Å². The van der Waals surface area contributed by atoms with Crippen molar-refractivity contribution in [1.82, 2.24) is 5.32 Å². The molecule has 0 aliphatic heterocycles. The number of hydrogen-bond acceptors (Lipinski definition) is 6. The van der Waals surface area contributed by atoms with Crippen LogP contribution in [-0.2, 0) is 9.53 Å². The molecule has 1 aromatic rings. The molecule has 0 spiro atoms. The van der Waals surface area contributed by atoms with Crippen LogP contribution in [0.25, 0.3) is 0 Å². The van der Waals surface area contributed by atoms with E-state index in [0.29, 0.717) is 11.4 Å². The third-order valence-electron chi connectivity index (χ3n) is 3.30. The predicted molar refractivity (Wildman–Crippen MR) is 92.3 cm³/mol. The van der Waals surface area contributed by atoms with Crippen molar-refractivity contribution in [1.29, 1.82) is 0 Å². The molecule has 0 saturated heterocycles. The predicted octanol–water partition coefficient (Wildman–Crippen LogP) is 3.17. The molecule has 1 amide bonds. The first-order valence-electron chi connectivity index (χ1n) is 7.75. The monoisotopic (exact) mass is 354 g/mol. The summed E-state index contributed by atoms with van der Waals surface area (Å²) in [6.45, 7) is 2.25. The highest BCUT2D eigenvalue weighted by Gasteiger charge is 2.18. The van der Waals surface area contributed by atoms with Crippen molar-refractivity contribution in [2.75, 3.05) is 19.4 Å². The number of thioether (sulfide) groups is 1. The van der Waals surface area contributed by atoms with Crippen LogP contribution in [0.2, 0.25) is 0 Å². The van der Waals surface area contributed by atoms with Crippen LogP contribution in [0, 0.1) is 10.1 Å². The van der Waals surface area contributed by atoms with Crippen molar-refractivity contribution >= 4 is 29.3 Å². The number of nitro benzene ring substituents is 1. The number of hydrogen-bond donors (Lipinski definition) is 1. The molecular weight excluding hydrogens is 332 g/mol. The van der Waals surface area contributed by atoms with Gasteiger partial charge in [0.1, 0.15) is 0 Å². The lowest BCUT2D eigenvalue weighted by Gasteiger charge is -2.07. The van der Waals surface area contributed by atoms with E-state index in [2.05, 4.69) is 12.2 Å². The molecule has 24 heavy (non-hydrogen) atoms. The summed E-state index contributed by atoms with van der Waals surface area (Å²) in [7, 11) is 0. The van der Waals surface area contributed by atoms with Crippen LogP contribution in [0.1, 0.15) is 43.0 Å². The van der Waals surface area contributed by atoms with Gasteiger partial charge < -0.3 is 10.1 Å². The van der Waals surface area contributed by atoms with Crippen molar-refractivity contribution in [3.8, 4) is 0 Å². The largest absolute Gasteiger partial charge is 0.452 e. The molecule has 0 aliphatic carbocycles. The van der Waals surface area contributed by atoms with Gasteiger partial charge in [-0.1, -0.05) is 26.2 Å². The molecule has 7 nitrogen and oxygen atoms in total. The number of benzene rings is 1. The van der Waals surface area contributed by atoms with Crippen LogP contribution < -0.4 is 5.32 Å². The van der Waals surface area contributed by atoms with Gasteiger partial charge in [-0.05, 0) is 24.8 Å². The molecule has 1 N–H and O–H groups in total. The zero-order chi connectivity index (χ0) is 17.9. The van der Waals surface area contributed by atoms with E-state index >= 15 is 0 Å². The van der Waals surface area contributed by atoms with Crippen LogP contribution in [0.5, 0.6) is 0 Å². The van der Waals surface area contributed by atoms with E-state index < -0.39 is 17.5 Å². The lowest BCUT2D eigenvalue weighted by Crippen LogP contribution is -2.29. The lowest BCUT2D eigenvalue weighted by molar-refractivity contribution is -0.387. The standard InChI is InChI=1S/C16H22N2O5S/c1-3-4-5-6-9-17-15(19)11-23-16(20)12-7-8-14(24-2)13(10-12)18(21)22/h7-8,10H,3-6,9,11H2,1-2H3,(H,17,19). The normalized spacial score (nSPS) is 10.2. The van der Waals surface area contributed by atoms with E-state index in [9.17, 15) is 19.7 Å². The maximum atomic E-state index is 11.9. The number of rotatable bonds is 10. The van der Waals surface area contributed by atoms with Gasteiger partial charge in [0.15, 0.2) is 6.61 Å². The second-order valence-corrected chi connectivity index (χ2v) is 5.98. The fourth-order valence-electron chi connectivity index (χ4n) is 2.00. The SMILES string of the molecule is CCCCCCNC(=O)COC(=O)c1ccc(SC)c([N+](=O)[O-])c1.